The zero-order valence-electron chi connectivity index (χ0n) is 12.8. The Labute approximate surface area is 136 Å². The fourth-order valence-electron chi connectivity index (χ4n) is 3.26. The number of pyridine rings is 1. The van der Waals surface area contributed by atoms with Gasteiger partial charge in [0, 0.05) is 36.2 Å². The van der Waals surface area contributed by atoms with Crippen molar-refractivity contribution in [3.8, 4) is 0 Å². The monoisotopic (exact) mass is 324 g/mol. The Morgan fingerprint density at radius 1 is 1.12 bits per heavy atom. The summed E-state index contributed by atoms with van der Waals surface area (Å²) in [5, 5.41) is 6.68. The van der Waals surface area contributed by atoms with Crippen molar-refractivity contribution in [2.24, 2.45) is 0 Å². The number of aromatic nitrogens is 3. The molecule has 7 heteroatoms. The molecular weight excluding hydrogens is 308 g/mol. The van der Waals surface area contributed by atoms with E-state index in [1.807, 2.05) is 12.1 Å². The maximum atomic E-state index is 12.7. The van der Waals surface area contributed by atoms with Crippen LogP contribution in [0, 0.1) is 0 Å². The van der Waals surface area contributed by atoms with Crippen molar-refractivity contribution in [1.29, 1.82) is 0 Å². The van der Waals surface area contributed by atoms with E-state index in [1.165, 1.54) is 6.07 Å². The van der Waals surface area contributed by atoms with Crippen LogP contribution in [0.2, 0.25) is 0 Å². The Morgan fingerprint density at radius 2 is 1.96 bits per heavy atom. The van der Waals surface area contributed by atoms with Crippen LogP contribution >= 0.6 is 0 Å². The number of hydrogen-bond donors (Lipinski definition) is 3. The predicted octanol–water partition coefficient (Wildman–Crippen LogP) is 1.17. The van der Waals surface area contributed by atoms with Gasteiger partial charge in [0.15, 0.2) is 0 Å². The predicted molar refractivity (Wildman–Crippen MR) is 89.2 cm³/mol. The van der Waals surface area contributed by atoms with E-state index in [9.17, 15) is 14.4 Å². The molecule has 1 unspecified atom stereocenters. The number of nitrogens with one attached hydrogen (secondary N) is 3. The highest BCUT2D eigenvalue weighted by Crippen LogP contribution is 2.26. The molecule has 0 bridgehead atoms. The first-order valence-corrected chi connectivity index (χ1v) is 7.81. The maximum absolute atomic E-state index is 12.7. The van der Waals surface area contributed by atoms with E-state index in [0.717, 1.165) is 17.5 Å². The minimum absolute atomic E-state index is 0.0973. The molecule has 1 aliphatic heterocycles. The topological polar surface area (TPSA) is 102 Å². The Bertz CT molecular complexity index is 1030. The zero-order chi connectivity index (χ0) is 16.7. The van der Waals surface area contributed by atoms with Crippen LogP contribution in [0.4, 0.5) is 0 Å². The third kappa shape index (κ3) is 2.44. The van der Waals surface area contributed by atoms with E-state index in [1.54, 1.807) is 23.1 Å². The van der Waals surface area contributed by atoms with Crippen molar-refractivity contribution in [3.05, 3.63) is 68.5 Å². The van der Waals surface area contributed by atoms with Crippen molar-refractivity contribution < 1.29 is 4.79 Å². The highest BCUT2D eigenvalue weighted by molar-refractivity contribution is 5.96. The van der Waals surface area contributed by atoms with Gasteiger partial charge in [0.05, 0.1) is 0 Å². The average Bonchev–Trinajstić information content (AvgIpc) is 3.23. The molecule has 24 heavy (non-hydrogen) atoms. The van der Waals surface area contributed by atoms with E-state index < -0.39 is 0 Å². The number of carbonyl (C=O) groups is 1. The molecule has 3 aromatic rings. The number of carbonyl (C=O) groups excluding carboxylic acids is 1. The van der Waals surface area contributed by atoms with Crippen LogP contribution in [0.3, 0.4) is 0 Å². The van der Waals surface area contributed by atoms with Crippen molar-refractivity contribution in [3.63, 3.8) is 0 Å². The number of benzene rings is 1. The molecule has 2 aromatic heterocycles. The van der Waals surface area contributed by atoms with Crippen molar-refractivity contribution in [2.45, 2.75) is 12.3 Å². The second kappa shape index (κ2) is 5.52. The second-order valence-corrected chi connectivity index (χ2v) is 6.05. The lowest BCUT2D eigenvalue weighted by Gasteiger charge is -2.16. The normalized spacial score (nSPS) is 17.5. The van der Waals surface area contributed by atoms with Gasteiger partial charge in [0.25, 0.3) is 17.0 Å². The minimum atomic E-state index is -0.262. The Kier molecular flexibility index (Phi) is 3.34. The number of H-pyrrole nitrogens is 3. The van der Waals surface area contributed by atoms with Gasteiger partial charge in [-0.25, -0.2) is 0 Å². The van der Waals surface area contributed by atoms with Crippen molar-refractivity contribution in [2.75, 3.05) is 13.1 Å². The Balaban J connectivity index is 1.60. The second-order valence-electron chi connectivity index (χ2n) is 6.05. The van der Waals surface area contributed by atoms with Crippen LogP contribution in [0.25, 0.3) is 10.8 Å². The van der Waals surface area contributed by atoms with Gasteiger partial charge in [-0.05, 0) is 23.9 Å². The van der Waals surface area contributed by atoms with E-state index in [4.69, 9.17) is 0 Å². The van der Waals surface area contributed by atoms with Crippen molar-refractivity contribution in [1.82, 2.24) is 20.1 Å². The van der Waals surface area contributed by atoms with Gasteiger partial charge in [-0.1, -0.05) is 18.2 Å². The molecule has 1 aromatic carbocycles. The van der Waals surface area contributed by atoms with E-state index in [2.05, 4.69) is 15.2 Å². The van der Waals surface area contributed by atoms with Crippen LogP contribution < -0.4 is 11.1 Å². The van der Waals surface area contributed by atoms with Crippen LogP contribution in [-0.2, 0) is 0 Å². The molecule has 1 amide bonds. The van der Waals surface area contributed by atoms with Crippen LogP contribution in [0.5, 0.6) is 0 Å². The maximum Gasteiger partial charge on any atom is 0.270 e. The molecule has 0 radical (unpaired) electrons. The molecule has 1 aliphatic rings. The quantitative estimate of drug-likeness (QED) is 0.659. The first-order valence-electron chi connectivity index (χ1n) is 7.81. The van der Waals surface area contributed by atoms with Crippen LogP contribution in [0.1, 0.15) is 28.5 Å². The summed E-state index contributed by atoms with van der Waals surface area (Å²) < 4.78 is 0. The minimum Gasteiger partial charge on any atom is -0.337 e. The van der Waals surface area contributed by atoms with E-state index in [0.29, 0.717) is 24.2 Å². The summed E-state index contributed by atoms with van der Waals surface area (Å²) in [6, 6.07) is 10.4. The number of rotatable bonds is 2. The molecule has 3 heterocycles. The average molecular weight is 324 g/mol. The SMILES string of the molecule is O=C(c1cc2ccccc2c(=O)[nH]1)N1CCC(c2cc(=O)[nH][nH]2)C1. The summed E-state index contributed by atoms with van der Waals surface area (Å²) >= 11 is 0. The number of likely N-dealkylation sites (tertiary alicyclic amines) is 1. The number of hydrogen-bond acceptors (Lipinski definition) is 3. The van der Waals surface area contributed by atoms with Gasteiger partial charge in [0.2, 0.25) is 0 Å². The number of fused-ring (bicyclic) bond motifs is 1. The molecule has 122 valence electrons. The summed E-state index contributed by atoms with van der Waals surface area (Å²) in [5.74, 6) is -0.0988. The fourth-order valence-corrected chi connectivity index (χ4v) is 3.26. The van der Waals surface area contributed by atoms with Gasteiger partial charge in [-0.2, -0.15) is 0 Å². The lowest BCUT2D eigenvalue weighted by Crippen LogP contribution is -2.30. The smallest absolute Gasteiger partial charge is 0.270 e. The summed E-state index contributed by atoms with van der Waals surface area (Å²) in [5.41, 5.74) is 0.667. The standard InChI is InChI=1S/C17H16N4O3/c22-15-8-13(19-20-15)11-5-6-21(9-11)17(24)14-7-10-3-1-2-4-12(10)16(23)18-14/h1-4,7-8,11H,5-6,9H2,(H,18,23)(H2,19,20,22). The van der Waals surface area contributed by atoms with Gasteiger partial charge in [-0.15, -0.1) is 0 Å². The van der Waals surface area contributed by atoms with Gasteiger partial charge in [0.1, 0.15) is 5.69 Å². The number of amides is 1. The van der Waals surface area contributed by atoms with Gasteiger partial charge in [-0.3, -0.25) is 19.5 Å². The summed E-state index contributed by atoms with van der Waals surface area (Å²) in [7, 11) is 0. The van der Waals surface area contributed by atoms with Gasteiger partial charge < -0.3 is 15.0 Å². The number of aromatic amines is 3. The summed E-state index contributed by atoms with van der Waals surface area (Å²) in [6.07, 6.45) is 0.775. The third-order valence-corrected chi connectivity index (χ3v) is 4.52. The molecule has 1 fully saturated rings. The lowest BCUT2D eigenvalue weighted by molar-refractivity contribution is 0.0785. The third-order valence-electron chi connectivity index (χ3n) is 4.52. The molecule has 7 nitrogen and oxygen atoms in total. The Morgan fingerprint density at radius 3 is 2.75 bits per heavy atom. The molecular formula is C17H16N4O3. The summed E-state index contributed by atoms with van der Waals surface area (Å²) in [4.78, 5) is 40.5. The molecule has 4 rings (SSSR count). The molecule has 1 saturated heterocycles. The van der Waals surface area contributed by atoms with E-state index >= 15 is 0 Å². The van der Waals surface area contributed by atoms with Crippen LogP contribution in [0.15, 0.2) is 46.0 Å². The molecule has 0 saturated carbocycles. The lowest BCUT2D eigenvalue weighted by atomic mass is 10.1. The highest BCUT2D eigenvalue weighted by atomic mass is 16.2. The highest BCUT2D eigenvalue weighted by Gasteiger charge is 2.29. The first kappa shape index (κ1) is 14.5. The summed E-state index contributed by atoms with van der Waals surface area (Å²) in [6.45, 7) is 1.10. The fraction of sp³-hybridized carbons (Fsp3) is 0.235. The van der Waals surface area contributed by atoms with Crippen LogP contribution in [-0.4, -0.2) is 39.1 Å². The first-order chi connectivity index (χ1) is 11.6. The van der Waals surface area contributed by atoms with E-state index in [-0.39, 0.29) is 22.9 Å². The molecule has 3 N–H and O–H groups in total. The molecule has 0 spiro atoms. The number of nitrogens with zero attached hydrogens (tertiary/aromatic N) is 1. The largest absolute Gasteiger partial charge is 0.337 e. The zero-order valence-corrected chi connectivity index (χ0v) is 12.8. The Hall–Kier alpha value is -3.09. The molecule has 0 aliphatic carbocycles. The van der Waals surface area contributed by atoms with Gasteiger partial charge >= 0.3 is 0 Å². The molecule has 1 atom stereocenters. The van der Waals surface area contributed by atoms with Crippen molar-refractivity contribution >= 4 is 16.7 Å².